The number of hydrogen-bond acceptors (Lipinski definition) is 2. The minimum absolute atomic E-state index is 0.254. The largest absolute Gasteiger partial charge is 0.373 e. The summed E-state index contributed by atoms with van der Waals surface area (Å²) in [4.78, 5) is 0. The highest BCUT2D eigenvalue weighted by atomic mass is 19.1. The molecule has 1 unspecified atom stereocenters. The second-order valence-corrected chi connectivity index (χ2v) is 4.24. The SMILES string of the molecule is CCOC(CC)(CC)C(N)c1cccc(F)c1. The van der Waals surface area contributed by atoms with Crippen molar-refractivity contribution in [3.05, 3.63) is 35.6 Å². The topological polar surface area (TPSA) is 35.2 Å². The van der Waals surface area contributed by atoms with Crippen LogP contribution in [0, 0.1) is 5.82 Å². The summed E-state index contributed by atoms with van der Waals surface area (Å²) >= 11 is 0. The van der Waals surface area contributed by atoms with E-state index in [9.17, 15) is 4.39 Å². The monoisotopic (exact) mass is 239 g/mol. The molecule has 17 heavy (non-hydrogen) atoms. The Labute approximate surface area is 103 Å². The van der Waals surface area contributed by atoms with Crippen LogP contribution in [0.2, 0.25) is 0 Å². The molecule has 1 aromatic rings. The van der Waals surface area contributed by atoms with Gasteiger partial charge in [-0.3, -0.25) is 0 Å². The minimum Gasteiger partial charge on any atom is -0.373 e. The third kappa shape index (κ3) is 3.05. The quantitative estimate of drug-likeness (QED) is 0.825. The predicted octanol–water partition coefficient (Wildman–Crippen LogP) is 3.42. The van der Waals surface area contributed by atoms with Gasteiger partial charge < -0.3 is 10.5 Å². The van der Waals surface area contributed by atoms with Crippen LogP contribution < -0.4 is 5.73 Å². The highest BCUT2D eigenvalue weighted by molar-refractivity contribution is 5.23. The molecule has 0 fully saturated rings. The summed E-state index contributed by atoms with van der Waals surface area (Å²) in [7, 11) is 0. The molecule has 0 aliphatic heterocycles. The minimum atomic E-state index is -0.400. The molecule has 0 saturated heterocycles. The standard InChI is InChI=1S/C14H22FNO/c1-4-14(5-2,17-6-3)13(16)11-8-7-9-12(15)10-11/h7-10,13H,4-6,16H2,1-3H3. The van der Waals surface area contributed by atoms with Crippen LogP contribution in [-0.2, 0) is 4.74 Å². The number of nitrogens with two attached hydrogens (primary N) is 1. The van der Waals surface area contributed by atoms with Crippen LogP contribution in [-0.4, -0.2) is 12.2 Å². The van der Waals surface area contributed by atoms with E-state index in [0.717, 1.165) is 18.4 Å². The highest BCUT2D eigenvalue weighted by Crippen LogP contribution is 2.33. The van der Waals surface area contributed by atoms with Gasteiger partial charge in [-0.15, -0.1) is 0 Å². The van der Waals surface area contributed by atoms with Crippen LogP contribution in [0.3, 0.4) is 0 Å². The number of benzene rings is 1. The molecule has 3 heteroatoms. The molecule has 0 aliphatic carbocycles. The molecular formula is C14H22FNO. The third-order valence-corrected chi connectivity index (χ3v) is 3.40. The van der Waals surface area contributed by atoms with Crippen LogP contribution in [0.15, 0.2) is 24.3 Å². The van der Waals surface area contributed by atoms with Crippen molar-refractivity contribution in [2.45, 2.75) is 45.3 Å². The number of hydrogen-bond donors (Lipinski definition) is 1. The van der Waals surface area contributed by atoms with Gasteiger partial charge in [0.2, 0.25) is 0 Å². The third-order valence-electron chi connectivity index (χ3n) is 3.40. The zero-order chi connectivity index (χ0) is 12.9. The summed E-state index contributed by atoms with van der Waals surface area (Å²) in [5.74, 6) is -0.254. The lowest BCUT2D eigenvalue weighted by atomic mass is 9.84. The number of rotatable bonds is 6. The molecule has 1 rings (SSSR count). The van der Waals surface area contributed by atoms with Gasteiger partial charge in [0.25, 0.3) is 0 Å². The van der Waals surface area contributed by atoms with Crippen molar-refractivity contribution in [1.82, 2.24) is 0 Å². The fourth-order valence-electron chi connectivity index (χ4n) is 2.27. The van der Waals surface area contributed by atoms with Gasteiger partial charge in [0.15, 0.2) is 0 Å². The van der Waals surface area contributed by atoms with Gasteiger partial charge in [0, 0.05) is 6.61 Å². The zero-order valence-corrected chi connectivity index (χ0v) is 10.9. The van der Waals surface area contributed by atoms with E-state index in [-0.39, 0.29) is 11.9 Å². The first-order valence-electron chi connectivity index (χ1n) is 6.24. The summed E-state index contributed by atoms with van der Waals surface area (Å²) in [6.45, 7) is 6.68. The van der Waals surface area contributed by atoms with Crippen molar-refractivity contribution in [3.8, 4) is 0 Å². The second-order valence-electron chi connectivity index (χ2n) is 4.24. The Morgan fingerprint density at radius 1 is 1.29 bits per heavy atom. The maximum absolute atomic E-state index is 13.2. The van der Waals surface area contributed by atoms with Gasteiger partial charge in [-0.2, -0.15) is 0 Å². The van der Waals surface area contributed by atoms with Gasteiger partial charge >= 0.3 is 0 Å². The lowest BCUT2D eigenvalue weighted by molar-refractivity contribution is -0.0646. The van der Waals surface area contributed by atoms with Gasteiger partial charge in [-0.25, -0.2) is 4.39 Å². The fourth-order valence-corrected chi connectivity index (χ4v) is 2.27. The molecule has 2 nitrogen and oxygen atoms in total. The van der Waals surface area contributed by atoms with Crippen molar-refractivity contribution >= 4 is 0 Å². The average molecular weight is 239 g/mol. The lowest BCUT2D eigenvalue weighted by Crippen LogP contribution is -2.43. The Morgan fingerprint density at radius 2 is 1.94 bits per heavy atom. The van der Waals surface area contributed by atoms with Crippen molar-refractivity contribution in [1.29, 1.82) is 0 Å². The van der Waals surface area contributed by atoms with Gasteiger partial charge in [0.05, 0.1) is 11.6 Å². The summed E-state index contributed by atoms with van der Waals surface area (Å²) < 4.78 is 19.0. The highest BCUT2D eigenvalue weighted by Gasteiger charge is 2.35. The average Bonchev–Trinajstić information content (AvgIpc) is 2.35. The van der Waals surface area contributed by atoms with Crippen LogP contribution in [0.25, 0.3) is 0 Å². The van der Waals surface area contributed by atoms with Crippen molar-refractivity contribution < 1.29 is 9.13 Å². The molecule has 1 atom stereocenters. The van der Waals surface area contributed by atoms with E-state index in [0.29, 0.717) is 6.61 Å². The summed E-state index contributed by atoms with van der Waals surface area (Å²) in [5, 5.41) is 0. The van der Waals surface area contributed by atoms with Gasteiger partial charge in [-0.1, -0.05) is 26.0 Å². The Hall–Kier alpha value is -0.930. The molecular weight excluding hydrogens is 217 g/mol. The Morgan fingerprint density at radius 3 is 2.41 bits per heavy atom. The molecule has 0 spiro atoms. The molecule has 2 N–H and O–H groups in total. The van der Waals surface area contributed by atoms with E-state index >= 15 is 0 Å². The van der Waals surface area contributed by atoms with Crippen LogP contribution in [0.4, 0.5) is 4.39 Å². The molecule has 1 aromatic carbocycles. The maximum Gasteiger partial charge on any atom is 0.123 e. The van der Waals surface area contributed by atoms with E-state index in [1.807, 2.05) is 13.0 Å². The first-order chi connectivity index (χ1) is 8.09. The second kappa shape index (κ2) is 6.12. The van der Waals surface area contributed by atoms with E-state index in [1.165, 1.54) is 12.1 Å². The predicted molar refractivity (Wildman–Crippen MR) is 68.3 cm³/mol. The zero-order valence-electron chi connectivity index (χ0n) is 10.9. The summed E-state index contributed by atoms with van der Waals surface area (Å²) in [5.41, 5.74) is 6.65. The first kappa shape index (κ1) is 14.1. The molecule has 96 valence electrons. The number of halogens is 1. The maximum atomic E-state index is 13.2. The van der Waals surface area contributed by atoms with Gasteiger partial charge in [0.1, 0.15) is 5.82 Å². The van der Waals surface area contributed by atoms with E-state index < -0.39 is 5.60 Å². The van der Waals surface area contributed by atoms with Crippen molar-refractivity contribution in [3.63, 3.8) is 0 Å². The molecule has 0 bridgehead atoms. The molecule has 0 saturated carbocycles. The Bertz CT molecular complexity index is 350. The first-order valence-corrected chi connectivity index (χ1v) is 6.24. The number of ether oxygens (including phenoxy) is 1. The fraction of sp³-hybridized carbons (Fsp3) is 0.571. The van der Waals surface area contributed by atoms with E-state index in [4.69, 9.17) is 10.5 Å². The van der Waals surface area contributed by atoms with Crippen LogP contribution in [0.1, 0.15) is 45.2 Å². The Kier molecular flexibility index (Phi) is 5.09. The van der Waals surface area contributed by atoms with Crippen molar-refractivity contribution in [2.24, 2.45) is 5.73 Å². The lowest BCUT2D eigenvalue weighted by Gasteiger charge is -2.37. The molecule has 0 aliphatic rings. The molecule has 0 amide bonds. The van der Waals surface area contributed by atoms with Crippen LogP contribution in [0.5, 0.6) is 0 Å². The van der Waals surface area contributed by atoms with E-state index in [1.54, 1.807) is 6.07 Å². The molecule has 0 radical (unpaired) electrons. The summed E-state index contributed by atoms with van der Waals surface area (Å²) in [6, 6.07) is 6.16. The van der Waals surface area contributed by atoms with E-state index in [2.05, 4.69) is 13.8 Å². The molecule has 0 aromatic heterocycles. The van der Waals surface area contributed by atoms with Crippen LogP contribution >= 0.6 is 0 Å². The normalized spacial score (nSPS) is 13.7. The van der Waals surface area contributed by atoms with Crippen molar-refractivity contribution in [2.75, 3.05) is 6.61 Å². The van der Waals surface area contributed by atoms with Gasteiger partial charge in [-0.05, 0) is 37.5 Å². The smallest absolute Gasteiger partial charge is 0.123 e. The Balaban J connectivity index is 3.02. The summed E-state index contributed by atoms with van der Waals surface area (Å²) in [6.07, 6.45) is 1.63. The molecule has 0 heterocycles.